The number of aryl methyl sites for hydroxylation is 1. The van der Waals surface area contributed by atoms with Crippen molar-refractivity contribution in [3.05, 3.63) is 54.1 Å². The zero-order valence-electron chi connectivity index (χ0n) is 13.7. The van der Waals surface area contributed by atoms with E-state index >= 15 is 0 Å². The van der Waals surface area contributed by atoms with Crippen molar-refractivity contribution in [2.75, 3.05) is 18.0 Å². The van der Waals surface area contributed by atoms with Gasteiger partial charge in [-0.1, -0.05) is 24.3 Å². The van der Waals surface area contributed by atoms with Crippen molar-refractivity contribution in [1.29, 1.82) is 0 Å². The van der Waals surface area contributed by atoms with Gasteiger partial charge in [-0.15, -0.1) is 0 Å². The van der Waals surface area contributed by atoms with Crippen LogP contribution in [0.1, 0.15) is 24.8 Å². The van der Waals surface area contributed by atoms with Gasteiger partial charge in [0.2, 0.25) is 0 Å². The summed E-state index contributed by atoms with van der Waals surface area (Å²) in [6, 6.07) is 16.3. The van der Waals surface area contributed by atoms with Gasteiger partial charge in [-0.3, -0.25) is 0 Å². The van der Waals surface area contributed by atoms with E-state index in [1.807, 2.05) is 36.4 Å². The van der Waals surface area contributed by atoms with Crippen LogP contribution in [0.3, 0.4) is 0 Å². The highest BCUT2D eigenvalue weighted by atomic mass is 16.4. The molecular weight excluding hydrogens is 300 g/mol. The summed E-state index contributed by atoms with van der Waals surface area (Å²) in [5, 5.41) is 9.34. The molecule has 0 atom stereocenters. The van der Waals surface area contributed by atoms with Gasteiger partial charge >= 0.3 is 0 Å². The number of oxazole rings is 1. The van der Waals surface area contributed by atoms with Gasteiger partial charge in [0.15, 0.2) is 5.58 Å². The average Bonchev–Trinajstić information content (AvgIpc) is 3.06. The van der Waals surface area contributed by atoms with E-state index in [-0.39, 0.29) is 0 Å². The SMILES string of the molecule is Oc1ccc(CCC2CCN(c3nc4ccccc4o3)CC2)cc1. The lowest BCUT2D eigenvalue weighted by Gasteiger charge is -2.30. The van der Waals surface area contributed by atoms with E-state index in [1.165, 1.54) is 24.8 Å². The second-order valence-corrected chi connectivity index (χ2v) is 6.60. The van der Waals surface area contributed by atoms with Crippen molar-refractivity contribution >= 4 is 17.1 Å². The summed E-state index contributed by atoms with van der Waals surface area (Å²) in [6.07, 6.45) is 4.63. The molecule has 1 aliphatic heterocycles. The molecule has 1 N–H and O–H groups in total. The Morgan fingerprint density at radius 1 is 1.04 bits per heavy atom. The van der Waals surface area contributed by atoms with Gasteiger partial charge < -0.3 is 14.4 Å². The van der Waals surface area contributed by atoms with Crippen molar-refractivity contribution in [2.45, 2.75) is 25.7 Å². The van der Waals surface area contributed by atoms with E-state index < -0.39 is 0 Å². The molecule has 4 nitrogen and oxygen atoms in total. The molecule has 1 aromatic heterocycles. The van der Waals surface area contributed by atoms with Crippen molar-refractivity contribution in [3.63, 3.8) is 0 Å². The van der Waals surface area contributed by atoms with E-state index in [4.69, 9.17) is 4.42 Å². The number of hydrogen-bond acceptors (Lipinski definition) is 4. The zero-order chi connectivity index (χ0) is 16.4. The number of fused-ring (bicyclic) bond motifs is 1. The topological polar surface area (TPSA) is 49.5 Å². The van der Waals surface area contributed by atoms with Crippen LogP contribution in [0.2, 0.25) is 0 Å². The van der Waals surface area contributed by atoms with Crippen LogP contribution < -0.4 is 4.90 Å². The largest absolute Gasteiger partial charge is 0.508 e. The maximum Gasteiger partial charge on any atom is 0.298 e. The Kier molecular flexibility index (Phi) is 4.11. The number of para-hydroxylation sites is 2. The molecule has 4 heteroatoms. The Hall–Kier alpha value is -2.49. The summed E-state index contributed by atoms with van der Waals surface area (Å²) in [5.74, 6) is 1.09. The Labute approximate surface area is 141 Å². The first-order valence-electron chi connectivity index (χ1n) is 8.66. The minimum Gasteiger partial charge on any atom is -0.508 e. The molecule has 1 saturated heterocycles. The minimum absolute atomic E-state index is 0.338. The molecule has 0 aliphatic carbocycles. The zero-order valence-corrected chi connectivity index (χ0v) is 13.7. The van der Waals surface area contributed by atoms with Gasteiger partial charge in [-0.2, -0.15) is 4.98 Å². The molecular formula is C20H22N2O2. The second kappa shape index (κ2) is 6.56. The van der Waals surface area contributed by atoms with E-state index in [0.717, 1.165) is 42.5 Å². The lowest BCUT2D eigenvalue weighted by Crippen LogP contribution is -2.34. The third kappa shape index (κ3) is 3.23. The Balaban J connectivity index is 1.32. The van der Waals surface area contributed by atoms with Crippen molar-refractivity contribution in [3.8, 4) is 5.75 Å². The fraction of sp³-hybridized carbons (Fsp3) is 0.350. The first-order valence-corrected chi connectivity index (χ1v) is 8.66. The lowest BCUT2D eigenvalue weighted by atomic mass is 9.91. The predicted molar refractivity (Wildman–Crippen MR) is 95.4 cm³/mol. The number of piperidine rings is 1. The first kappa shape index (κ1) is 15.1. The van der Waals surface area contributed by atoms with Crippen LogP contribution in [-0.4, -0.2) is 23.2 Å². The van der Waals surface area contributed by atoms with Crippen LogP contribution in [-0.2, 0) is 6.42 Å². The van der Waals surface area contributed by atoms with Gasteiger partial charge in [0.1, 0.15) is 11.3 Å². The van der Waals surface area contributed by atoms with Crippen LogP contribution in [0.4, 0.5) is 6.01 Å². The van der Waals surface area contributed by atoms with Crippen LogP contribution >= 0.6 is 0 Å². The van der Waals surface area contributed by atoms with Gasteiger partial charge in [0.05, 0.1) is 0 Å². The predicted octanol–water partition coefficient (Wildman–Crippen LogP) is 4.38. The maximum absolute atomic E-state index is 9.34. The highest BCUT2D eigenvalue weighted by Crippen LogP contribution is 2.28. The minimum atomic E-state index is 0.338. The molecule has 0 radical (unpaired) electrons. The van der Waals surface area contributed by atoms with Gasteiger partial charge in [0.25, 0.3) is 6.01 Å². The summed E-state index contributed by atoms with van der Waals surface area (Å²) in [5.41, 5.74) is 3.10. The molecule has 2 heterocycles. The third-order valence-corrected chi connectivity index (χ3v) is 4.95. The van der Waals surface area contributed by atoms with Crippen molar-refractivity contribution < 1.29 is 9.52 Å². The van der Waals surface area contributed by atoms with Gasteiger partial charge in [0, 0.05) is 13.1 Å². The molecule has 1 fully saturated rings. The van der Waals surface area contributed by atoms with E-state index in [1.54, 1.807) is 12.1 Å². The second-order valence-electron chi connectivity index (χ2n) is 6.60. The standard InChI is InChI=1S/C20H22N2O2/c23-17-9-7-15(8-10-17)5-6-16-11-13-22(14-12-16)20-21-18-3-1-2-4-19(18)24-20/h1-4,7-10,16,23H,5-6,11-14H2. The molecule has 2 aromatic carbocycles. The van der Waals surface area contributed by atoms with Crippen molar-refractivity contribution in [2.24, 2.45) is 5.92 Å². The van der Waals surface area contributed by atoms with Crippen molar-refractivity contribution in [1.82, 2.24) is 4.98 Å². The van der Waals surface area contributed by atoms with Crippen LogP contribution in [0.5, 0.6) is 5.75 Å². The summed E-state index contributed by atoms with van der Waals surface area (Å²) in [7, 11) is 0. The average molecular weight is 322 g/mol. The van der Waals surface area contributed by atoms with E-state index in [0.29, 0.717) is 5.75 Å². The molecule has 124 valence electrons. The van der Waals surface area contributed by atoms with E-state index in [9.17, 15) is 5.11 Å². The molecule has 4 rings (SSSR count). The Morgan fingerprint density at radius 3 is 2.54 bits per heavy atom. The lowest BCUT2D eigenvalue weighted by molar-refractivity contribution is 0.369. The molecule has 3 aromatic rings. The number of hydrogen-bond donors (Lipinski definition) is 1. The summed E-state index contributed by atoms with van der Waals surface area (Å²) >= 11 is 0. The fourth-order valence-corrected chi connectivity index (χ4v) is 3.44. The number of rotatable bonds is 4. The number of aromatic nitrogens is 1. The van der Waals surface area contributed by atoms with Crippen LogP contribution in [0, 0.1) is 5.92 Å². The highest BCUT2D eigenvalue weighted by molar-refractivity contribution is 5.74. The van der Waals surface area contributed by atoms with Gasteiger partial charge in [-0.05, 0) is 61.4 Å². The molecule has 0 unspecified atom stereocenters. The number of phenols is 1. The quantitative estimate of drug-likeness (QED) is 0.774. The number of anilines is 1. The van der Waals surface area contributed by atoms with Crippen LogP contribution in [0.15, 0.2) is 52.9 Å². The number of benzene rings is 2. The summed E-state index contributed by atoms with van der Waals surface area (Å²) in [4.78, 5) is 6.86. The first-order chi connectivity index (χ1) is 11.8. The number of phenolic OH excluding ortho intramolecular Hbond substituents is 1. The number of aromatic hydroxyl groups is 1. The smallest absolute Gasteiger partial charge is 0.298 e. The maximum atomic E-state index is 9.34. The molecule has 0 amide bonds. The summed E-state index contributed by atoms with van der Waals surface area (Å²) in [6.45, 7) is 2.01. The fourth-order valence-electron chi connectivity index (χ4n) is 3.44. The Morgan fingerprint density at radius 2 is 1.79 bits per heavy atom. The summed E-state index contributed by atoms with van der Waals surface area (Å²) < 4.78 is 5.87. The van der Waals surface area contributed by atoms with Gasteiger partial charge in [-0.25, -0.2) is 0 Å². The van der Waals surface area contributed by atoms with E-state index in [2.05, 4.69) is 9.88 Å². The number of nitrogens with zero attached hydrogens (tertiary/aromatic N) is 2. The highest BCUT2D eigenvalue weighted by Gasteiger charge is 2.22. The molecule has 0 bridgehead atoms. The molecule has 1 aliphatic rings. The normalized spacial score (nSPS) is 15.9. The molecule has 24 heavy (non-hydrogen) atoms. The third-order valence-electron chi connectivity index (χ3n) is 4.95. The van der Waals surface area contributed by atoms with Crippen LogP contribution in [0.25, 0.3) is 11.1 Å². The molecule has 0 saturated carbocycles. The monoisotopic (exact) mass is 322 g/mol. The molecule has 0 spiro atoms. The Bertz CT molecular complexity index is 769.